The maximum atomic E-state index is 12.2. The van der Waals surface area contributed by atoms with Gasteiger partial charge in [0.05, 0.1) is 6.04 Å². The zero-order valence-electron chi connectivity index (χ0n) is 11.9. The molecule has 0 saturated carbocycles. The van der Waals surface area contributed by atoms with Crippen LogP contribution in [-0.2, 0) is 4.74 Å². The van der Waals surface area contributed by atoms with Crippen molar-refractivity contribution in [2.75, 3.05) is 12.3 Å². The summed E-state index contributed by atoms with van der Waals surface area (Å²) in [7, 11) is 0. The molecule has 0 radical (unpaired) electrons. The largest absolute Gasteiger partial charge is 0.444 e. The molecule has 1 atom stereocenters. The van der Waals surface area contributed by atoms with E-state index in [2.05, 4.69) is 5.16 Å². The topological polar surface area (TPSA) is 81.6 Å². The van der Waals surface area contributed by atoms with Crippen LogP contribution in [0, 0.1) is 6.92 Å². The molecule has 1 fully saturated rings. The predicted octanol–water partition coefficient (Wildman–Crippen LogP) is 2.64. The first kappa shape index (κ1) is 13.7. The average molecular weight is 267 g/mol. The van der Waals surface area contributed by atoms with Gasteiger partial charge in [0.1, 0.15) is 17.0 Å². The summed E-state index contributed by atoms with van der Waals surface area (Å²) >= 11 is 0. The van der Waals surface area contributed by atoms with Gasteiger partial charge in [0, 0.05) is 6.54 Å². The van der Waals surface area contributed by atoms with Crippen LogP contribution in [0.2, 0.25) is 0 Å². The fraction of sp³-hybridized carbons (Fsp3) is 0.692. The molecule has 0 aliphatic carbocycles. The van der Waals surface area contributed by atoms with Gasteiger partial charge in [0.15, 0.2) is 5.76 Å². The molecule has 2 rings (SSSR count). The molecule has 1 saturated heterocycles. The van der Waals surface area contributed by atoms with E-state index in [1.807, 2.05) is 20.8 Å². The number of nitrogens with zero attached hydrogens (tertiary/aromatic N) is 2. The van der Waals surface area contributed by atoms with Crippen LogP contribution in [0.4, 0.5) is 10.5 Å². The molecule has 19 heavy (non-hydrogen) atoms. The third-order valence-electron chi connectivity index (χ3n) is 3.12. The normalized spacial score (nSPS) is 19.8. The van der Waals surface area contributed by atoms with Gasteiger partial charge in [-0.2, -0.15) is 0 Å². The minimum absolute atomic E-state index is 0.170. The standard InChI is InChI=1S/C13H21N3O3/c1-8-10(14)11(19-15-8)9-6-5-7-16(9)12(17)18-13(2,3)4/h9H,5-7,14H2,1-4H3. The number of aromatic nitrogens is 1. The van der Waals surface area contributed by atoms with E-state index in [9.17, 15) is 4.79 Å². The third kappa shape index (κ3) is 2.83. The highest BCUT2D eigenvalue weighted by Crippen LogP contribution is 2.36. The third-order valence-corrected chi connectivity index (χ3v) is 3.12. The molecular formula is C13H21N3O3. The molecule has 1 aliphatic rings. The van der Waals surface area contributed by atoms with Crippen molar-refractivity contribution in [1.82, 2.24) is 10.1 Å². The number of carbonyl (C=O) groups excluding carboxylic acids is 1. The maximum absolute atomic E-state index is 12.2. The van der Waals surface area contributed by atoms with E-state index in [1.165, 1.54) is 0 Å². The van der Waals surface area contributed by atoms with Gasteiger partial charge in [0.25, 0.3) is 0 Å². The highest BCUT2D eigenvalue weighted by molar-refractivity contribution is 5.69. The van der Waals surface area contributed by atoms with Gasteiger partial charge in [-0.3, -0.25) is 4.90 Å². The van der Waals surface area contributed by atoms with E-state index >= 15 is 0 Å². The van der Waals surface area contributed by atoms with Gasteiger partial charge in [-0.15, -0.1) is 0 Å². The van der Waals surface area contributed by atoms with Gasteiger partial charge in [-0.1, -0.05) is 5.16 Å². The minimum atomic E-state index is -0.507. The summed E-state index contributed by atoms with van der Waals surface area (Å²) in [6.45, 7) is 7.99. The van der Waals surface area contributed by atoms with Crippen LogP contribution < -0.4 is 5.73 Å². The number of nitrogens with two attached hydrogens (primary N) is 1. The number of amides is 1. The van der Waals surface area contributed by atoms with E-state index in [1.54, 1.807) is 11.8 Å². The molecule has 106 valence electrons. The monoisotopic (exact) mass is 267 g/mol. The van der Waals surface area contributed by atoms with Gasteiger partial charge < -0.3 is 15.0 Å². The number of anilines is 1. The summed E-state index contributed by atoms with van der Waals surface area (Å²) in [6.07, 6.45) is 1.39. The quantitative estimate of drug-likeness (QED) is 0.845. The van der Waals surface area contributed by atoms with E-state index in [4.69, 9.17) is 15.0 Å². The second-order valence-electron chi connectivity index (χ2n) is 5.88. The molecule has 1 unspecified atom stereocenters. The van der Waals surface area contributed by atoms with Crippen molar-refractivity contribution in [2.24, 2.45) is 0 Å². The van der Waals surface area contributed by atoms with Crippen molar-refractivity contribution in [3.63, 3.8) is 0 Å². The Labute approximate surface area is 112 Å². The lowest BCUT2D eigenvalue weighted by Gasteiger charge is -2.27. The summed E-state index contributed by atoms with van der Waals surface area (Å²) in [5.74, 6) is 0.570. The van der Waals surface area contributed by atoms with Crippen LogP contribution >= 0.6 is 0 Å². The predicted molar refractivity (Wildman–Crippen MR) is 70.6 cm³/mol. The van der Waals surface area contributed by atoms with Crippen molar-refractivity contribution < 1.29 is 14.1 Å². The fourth-order valence-corrected chi connectivity index (χ4v) is 2.21. The summed E-state index contributed by atoms with van der Waals surface area (Å²) in [5, 5.41) is 3.85. The first-order chi connectivity index (χ1) is 8.79. The molecule has 0 spiro atoms. The minimum Gasteiger partial charge on any atom is -0.444 e. The fourth-order valence-electron chi connectivity index (χ4n) is 2.21. The van der Waals surface area contributed by atoms with Gasteiger partial charge in [0.2, 0.25) is 0 Å². The molecule has 1 amide bonds. The number of hydrogen-bond acceptors (Lipinski definition) is 5. The smallest absolute Gasteiger partial charge is 0.410 e. The number of ether oxygens (including phenoxy) is 1. The number of likely N-dealkylation sites (tertiary alicyclic amines) is 1. The molecule has 6 nitrogen and oxygen atoms in total. The Bertz CT molecular complexity index is 476. The lowest BCUT2D eigenvalue weighted by Crippen LogP contribution is -2.36. The Morgan fingerprint density at radius 1 is 1.53 bits per heavy atom. The Morgan fingerprint density at radius 2 is 2.21 bits per heavy atom. The van der Waals surface area contributed by atoms with Crippen molar-refractivity contribution in [3.05, 3.63) is 11.5 Å². The molecule has 6 heteroatoms. The van der Waals surface area contributed by atoms with E-state index < -0.39 is 5.60 Å². The highest BCUT2D eigenvalue weighted by atomic mass is 16.6. The number of carbonyl (C=O) groups is 1. The van der Waals surface area contributed by atoms with Gasteiger partial charge in [-0.05, 0) is 40.5 Å². The molecule has 1 aliphatic heterocycles. The Morgan fingerprint density at radius 3 is 2.74 bits per heavy atom. The number of aryl methyl sites for hydroxylation is 1. The van der Waals surface area contributed by atoms with E-state index in [0.717, 1.165) is 12.8 Å². The molecule has 2 heterocycles. The van der Waals surface area contributed by atoms with Crippen molar-refractivity contribution in [1.29, 1.82) is 0 Å². The highest BCUT2D eigenvalue weighted by Gasteiger charge is 2.36. The first-order valence-electron chi connectivity index (χ1n) is 6.51. The second kappa shape index (κ2) is 4.75. The summed E-state index contributed by atoms with van der Waals surface area (Å²) in [5.41, 5.74) is 6.62. The SMILES string of the molecule is Cc1noc(C2CCCN2C(=O)OC(C)(C)C)c1N. The van der Waals surface area contributed by atoms with Crippen LogP contribution in [0.15, 0.2) is 4.52 Å². The van der Waals surface area contributed by atoms with Crippen molar-refractivity contribution in [3.8, 4) is 0 Å². The molecule has 1 aromatic heterocycles. The molecule has 0 aromatic carbocycles. The van der Waals surface area contributed by atoms with Gasteiger partial charge >= 0.3 is 6.09 Å². The van der Waals surface area contributed by atoms with Crippen LogP contribution in [0.5, 0.6) is 0 Å². The van der Waals surface area contributed by atoms with E-state index in [0.29, 0.717) is 23.7 Å². The van der Waals surface area contributed by atoms with Crippen LogP contribution in [0.25, 0.3) is 0 Å². The van der Waals surface area contributed by atoms with Crippen LogP contribution in [0.1, 0.15) is 51.1 Å². The maximum Gasteiger partial charge on any atom is 0.410 e. The summed E-state index contributed by atoms with van der Waals surface area (Å²) in [6, 6.07) is -0.170. The second-order valence-corrected chi connectivity index (χ2v) is 5.88. The number of nitrogen functional groups attached to an aromatic ring is 1. The molecular weight excluding hydrogens is 246 g/mol. The summed E-state index contributed by atoms with van der Waals surface area (Å²) in [4.78, 5) is 13.8. The molecule has 1 aromatic rings. The average Bonchev–Trinajstić information content (AvgIpc) is 2.85. The lowest BCUT2D eigenvalue weighted by molar-refractivity contribution is 0.0205. The Hall–Kier alpha value is -1.72. The number of rotatable bonds is 1. The number of hydrogen-bond donors (Lipinski definition) is 1. The van der Waals surface area contributed by atoms with Gasteiger partial charge in [-0.25, -0.2) is 4.79 Å². The van der Waals surface area contributed by atoms with Crippen molar-refractivity contribution in [2.45, 2.75) is 52.2 Å². The molecule has 2 N–H and O–H groups in total. The zero-order chi connectivity index (χ0) is 14.2. The summed E-state index contributed by atoms with van der Waals surface area (Å²) < 4.78 is 10.7. The van der Waals surface area contributed by atoms with E-state index in [-0.39, 0.29) is 12.1 Å². The van der Waals surface area contributed by atoms with Crippen LogP contribution in [0.3, 0.4) is 0 Å². The van der Waals surface area contributed by atoms with Crippen LogP contribution in [-0.4, -0.2) is 28.3 Å². The zero-order valence-corrected chi connectivity index (χ0v) is 11.9. The first-order valence-corrected chi connectivity index (χ1v) is 6.51. The Kier molecular flexibility index (Phi) is 3.43. The Balaban J connectivity index is 2.17. The van der Waals surface area contributed by atoms with Crippen molar-refractivity contribution >= 4 is 11.8 Å². The lowest BCUT2D eigenvalue weighted by atomic mass is 10.1. The molecule has 0 bridgehead atoms.